The van der Waals surface area contributed by atoms with E-state index < -0.39 is 0 Å². The van der Waals surface area contributed by atoms with Crippen molar-refractivity contribution in [3.05, 3.63) is 63.2 Å². The maximum atomic E-state index is 12.0. The molecule has 6 heteroatoms. The molecule has 0 aromatic heterocycles. The number of hydrogen-bond acceptors (Lipinski definition) is 3. The van der Waals surface area contributed by atoms with Crippen LogP contribution in [-0.2, 0) is 11.3 Å². The average Bonchev–Trinajstić information content (AvgIpc) is 2.58. The van der Waals surface area contributed by atoms with Crippen molar-refractivity contribution in [2.75, 3.05) is 13.7 Å². The fourth-order valence-electron chi connectivity index (χ4n) is 1.91. The Morgan fingerprint density at radius 2 is 1.74 bits per heavy atom. The highest BCUT2D eigenvalue weighted by atomic mass is 127. The lowest BCUT2D eigenvalue weighted by molar-refractivity contribution is -0.120. The summed E-state index contributed by atoms with van der Waals surface area (Å²) in [4.78, 5) is 23.8. The molecule has 0 saturated carbocycles. The molecule has 120 valence electrons. The van der Waals surface area contributed by atoms with Gasteiger partial charge in [-0.2, -0.15) is 0 Å². The summed E-state index contributed by atoms with van der Waals surface area (Å²) in [5.41, 5.74) is 1.53. The molecule has 0 aliphatic heterocycles. The van der Waals surface area contributed by atoms with Crippen LogP contribution in [0.3, 0.4) is 0 Å². The summed E-state index contributed by atoms with van der Waals surface area (Å²) in [6.45, 7) is 0.349. The Hall–Kier alpha value is -2.09. The molecule has 23 heavy (non-hydrogen) atoms. The van der Waals surface area contributed by atoms with Crippen molar-refractivity contribution in [3.8, 4) is 5.75 Å². The van der Waals surface area contributed by atoms with E-state index in [9.17, 15) is 9.59 Å². The van der Waals surface area contributed by atoms with E-state index in [1.54, 1.807) is 19.2 Å². The van der Waals surface area contributed by atoms with E-state index in [0.717, 1.165) is 14.9 Å². The first kappa shape index (κ1) is 17.3. The Labute approximate surface area is 148 Å². The van der Waals surface area contributed by atoms with Gasteiger partial charge < -0.3 is 15.4 Å². The summed E-state index contributed by atoms with van der Waals surface area (Å²) in [6.07, 6.45) is 0. The minimum absolute atomic E-state index is 0.0556. The Balaban J connectivity index is 1.78. The van der Waals surface area contributed by atoms with Crippen LogP contribution in [0.5, 0.6) is 5.75 Å². The molecule has 2 aromatic rings. The second kappa shape index (κ2) is 8.52. The normalized spacial score (nSPS) is 10.0. The van der Waals surface area contributed by atoms with Crippen molar-refractivity contribution in [1.29, 1.82) is 0 Å². The number of amides is 2. The molecule has 0 spiro atoms. The Morgan fingerprint density at radius 1 is 1.04 bits per heavy atom. The number of ether oxygens (including phenoxy) is 1. The van der Waals surface area contributed by atoms with E-state index in [-0.39, 0.29) is 18.4 Å². The SMILES string of the molecule is COc1ccc(CNC(=O)CNC(=O)c2ccccc2I)cc1. The number of hydrogen-bond donors (Lipinski definition) is 2. The average molecular weight is 424 g/mol. The molecule has 0 fully saturated rings. The van der Waals surface area contributed by atoms with Crippen LogP contribution in [0.1, 0.15) is 15.9 Å². The molecule has 0 aliphatic carbocycles. The second-order valence-corrected chi connectivity index (χ2v) is 5.95. The number of rotatable bonds is 6. The van der Waals surface area contributed by atoms with E-state index >= 15 is 0 Å². The van der Waals surface area contributed by atoms with Gasteiger partial charge in [0.05, 0.1) is 19.2 Å². The van der Waals surface area contributed by atoms with Crippen molar-refractivity contribution < 1.29 is 14.3 Å². The molecule has 5 nitrogen and oxygen atoms in total. The van der Waals surface area contributed by atoms with Crippen LogP contribution in [-0.4, -0.2) is 25.5 Å². The lowest BCUT2D eigenvalue weighted by Gasteiger charge is -2.08. The Morgan fingerprint density at radius 3 is 2.39 bits per heavy atom. The van der Waals surface area contributed by atoms with Gasteiger partial charge in [0.1, 0.15) is 5.75 Å². The predicted octanol–water partition coefficient (Wildman–Crippen LogP) is 2.35. The molecule has 2 aromatic carbocycles. The predicted molar refractivity (Wildman–Crippen MR) is 96.3 cm³/mol. The van der Waals surface area contributed by atoms with E-state index in [1.165, 1.54) is 0 Å². The quantitative estimate of drug-likeness (QED) is 0.700. The van der Waals surface area contributed by atoms with Crippen molar-refractivity contribution in [2.24, 2.45) is 0 Å². The van der Waals surface area contributed by atoms with Crippen molar-refractivity contribution in [1.82, 2.24) is 10.6 Å². The summed E-state index contributed by atoms with van der Waals surface area (Å²) in [5.74, 6) is 0.277. The van der Waals surface area contributed by atoms with Gasteiger partial charge in [0, 0.05) is 10.1 Å². The van der Waals surface area contributed by atoms with E-state index in [2.05, 4.69) is 33.2 Å². The maximum Gasteiger partial charge on any atom is 0.252 e. The first-order chi connectivity index (χ1) is 11.1. The first-order valence-corrected chi connectivity index (χ1v) is 8.10. The molecular formula is C17H17IN2O3. The minimum Gasteiger partial charge on any atom is -0.497 e. The van der Waals surface area contributed by atoms with Gasteiger partial charge in [-0.05, 0) is 52.4 Å². The van der Waals surface area contributed by atoms with E-state index in [1.807, 2.05) is 36.4 Å². The van der Waals surface area contributed by atoms with Gasteiger partial charge in [-0.25, -0.2) is 0 Å². The van der Waals surface area contributed by atoms with Gasteiger partial charge >= 0.3 is 0 Å². The molecule has 0 unspecified atom stereocenters. The molecule has 2 rings (SSSR count). The second-order valence-electron chi connectivity index (χ2n) is 4.79. The molecule has 0 aliphatic rings. The maximum absolute atomic E-state index is 12.0. The van der Waals surface area contributed by atoms with Gasteiger partial charge in [0.15, 0.2) is 0 Å². The lowest BCUT2D eigenvalue weighted by atomic mass is 10.2. The van der Waals surface area contributed by atoms with Crippen molar-refractivity contribution in [3.63, 3.8) is 0 Å². The number of nitrogens with one attached hydrogen (secondary N) is 2. The zero-order chi connectivity index (χ0) is 16.7. The first-order valence-electron chi connectivity index (χ1n) is 7.02. The monoisotopic (exact) mass is 424 g/mol. The standard InChI is InChI=1S/C17H17IN2O3/c1-23-13-8-6-12(7-9-13)10-19-16(21)11-20-17(22)14-4-2-3-5-15(14)18/h2-9H,10-11H2,1H3,(H,19,21)(H,20,22). The third-order valence-electron chi connectivity index (χ3n) is 3.18. The number of methoxy groups -OCH3 is 1. The van der Waals surface area contributed by atoms with Crippen LogP contribution in [0.2, 0.25) is 0 Å². The van der Waals surface area contributed by atoms with Crippen LogP contribution in [0, 0.1) is 3.57 Å². The van der Waals surface area contributed by atoms with Crippen molar-refractivity contribution in [2.45, 2.75) is 6.54 Å². The van der Waals surface area contributed by atoms with Crippen LogP contribution >= 0.6 is 22.6 Å². The number of benzene rings is 2. The highest BCUT2D eigenvalue weighted by Crippen LogP contribution is 2.11. The van der Waals surface area contributed by atoms with Gasteiger partial charge in [-0.1, -0.05) is 24.3 Å². The molecule has 2 N–H and O–H groups in total. The molecular weight excluding hydrogens is 407 g/mol. The largest absolute Gasteiger partial charge is 0.497 e. The number of carbonyl (C=O) groups excluding carboxylic acids is 2. The smallest absolute Gasteiger partial charge is 0.252 e. The zero-order valence-corrected chi connectivity index (χ0v) is 14.8. The third kappa shape index (κ3) is 5.24. The summed E-state index contributed by atoms with van der Waals surface area (Å²) < 4.78 is 5.92. The Kier molecular flexibility index (Phi) is 6.40. The van der Waals surface area contributed by atoms with Crippen LogP contribution in [0.25, 0.3) is 0 Å². The van der Waals surface area contributed by atoms with E-state index in [0.29, 0.717) is 12.1 Å². The molecule has 2 amide bonds. The zero-order valence-electron chi connectivity index (χ0n) is 12.6. The number of halogens is 1. The summed E-state index contributed by atoms with van der Waals surface area (Å²) >= 11 is 2.09. The number of carbonyl (C=O) groups is 2. The Bertz CT molecular complexity index is 686. The van der Waals surface area contributed by atoms with Crippen molar-refractivity contribution >= 4 is 34.4 Å². The molecule has 0 heterocycles. The van der Waals surface area contributed by atoms with Crippen LogP contribution < -0.4 is 15.4 Å². The van der Waals surface area contributed by atoms with Gasteiger partial charge in [0.2, 0.25) is 5.91 Å². The van der Waals surface area contributed by atoms with Crippen LogP contribution in [0.15, 0.2) is 48.5 Å². The highest BCUT2D eigenvalue weighted by molar-refractivity contribution is 14.1. The lowest BCUT2D eigenvalue weighted by Crippen LogP contribution is -2.36. The topological polar surface area (TPSA) is 67.4 Å². The van der Waals surface area contributed by atoms with E-state index in [4.69, 9.17) is 4.74 Å². The van der Waals surface area contributed by atoms with Gasteiger partial charge in [-0.3, -0.25) is 9.59 Å². The molecule has 0 radical (unpaired) electrons. The minimum atomic E-state index is -0.255. The fraction of sp³-hybridized carbons (Fsp3) is 0.176. The van der Waals surface area contributed by atoms with Gasteiger partial charge in [-0.15, -0.1) is 0 Å². The fourth-order valence-corrected chi connectivity index (χ4v) is 2.54. The molecule has 0 bridgehead atoms. The summed E-state index contributed by atoms with van der Waals surface area (Å²) in [7, 11) is 1.60. The molecule has 0 atom stereocenters. The van der Waals surface area contributed by atoms with Gasteiger partial charge in [0.25, 0.3) is 5.91 Å². The van der Waals surface area contributed by atoms with Crippen LogP contribution in [0.4, 0.5) is 0 Å². The highest BCUT2D eigenvalue weighted by Gasteiger charge is 2.10. The summed E-state index contributed by atoms with van der Waals surface area (Å²) in [5, 5.41) is 5.38. The summed E-state index contributed by atoms with van der Waals surface area (Å²) in [6, 6.07) is 14.7. The molecule has 0 saturated heterocycles. The third-order valence-corrected chi connectivity index (χ3v) is 4.12.